The SMILES string of the molecule is CC(CC#N)N(C)S(=O)(=O)c1ccc(N)cc1[N+](=O)[O-]. The largest absolute Gasteiger partial charge is 0.399 e. The average Bonchev–Trinajstić information content (AvgIpc) is 2.37. The van der Waals surface area contributed by atoms with Gasteiger partial charge in [0, 0.05) is 24.8 Å². The number of anilines is 1. The Labute approximate surface area is 116 Å². The van der Waals surface area contributed by atoms with Crippen molar-refractivity contribution >= 4 is 21.4 Å². The first kappa shape index (κ1) is 15.9. The molecule has 0 fully saturated rings. The highest BCUT2D eigenvalue weighted by atomic mass is 32.2. The Hall–Kier alpha value is -2.18. The predicted molar refractivity (Wildman–Crippen MR) is 72.1 cm³/mol. The van der Waals surface area contributed by atoms with Gasteiger partial charge in [0.05, 0.1) is 17.4 Å². The van der Waals surface area contributed by atoms with Gasteiger partial charge in [0.25, 0.3) is 5.69 Å². The molecule has 1 atom stereocenters. The molecule has 2 N–H and O–H groups in total. The number of nitro benzene ring substituents is 1. The number of sulfonamides is 1. The van der Waals surface area contributed by atoms with E-state index in [4.69, 9.17) is 11.0 Å². The summed E-state index contributed by atoms with van der Waals surface area (Å²) in [5.74, 6) is 0. The third-order valence-electron chi connectivity index (χ3n) is 2.84. The van der Waals surface area contributed by atoms with Crippen LogP contribution in [0.1, 0.15) is 13.3 Å². The summed E-state index contributed by atoms with van der Waals surface area (Å²) in [5.41, 5.74) is 4.95. The van der Waals surface area contributed by atoms with Gasteiger partial charge in [-0.1, -0.05) is 0 Å². The molecule has 9 heteroatoms. The van der Waals surface area contributed by atoms with Crippen molar-refractivity contribution in [3.63, 3.8) is 0 Å². The third kappa shape index (κ3) is 3.04. The van der Waals surface area contributed by atoms with Gasteiger partial charge in [0.15, 0.2) is 4.90 Å². The van der Waals surface area contributed by atoms with E-state index in [0.717, 1.165) is 16.4 Å². The molecule has 8 nitrogen and oxygen atoms in total. The lowest BCUT2D eigenvalue weighted by molar-refractivity contribution is -0.387. The summed E-state index contributed by atoms with van der Waals surface area (Å²) in [6.45, 7) is 1.55. The number of hydrogen-bond donors (Lipinski definition) is 1. The fourth-order valence-corrected chi connectivity index (χ4v) is 3.04. The topological polar surface area (TPSA) is 130 Å². The molecule has 0 saturated heterocycles. The Kier molecular flexibility index (Phi) is 4.65. The highest BCUT2D eigenvalue weighted by Crippen LogP contribution is 2.29. The minimum Gasteiger partial charge on any atom is -0.399 e. The molecule has 0 aromatic heterocycles. The Morgan fingerprint density at radius 3 is 2.65 bits per heavy atom. The summed E-state index contributed by atoms with van der Waals surface area (Å²) in [6.07, 6.45) is -0.0154. The van der Waals surface area contributed by atoms with Crippen molar-refractivity contribution in [2.24, 2.45) is 0 Å². The van der Waals surface area contributed by atoms with E-state index in [9.17, 15) is 18.5 Å². The second-order valence-corrected chi connectivity index (χ2v) is 6.18. The van der Waals surface area contributed by atoms with E-state index in [1.54, 1.807) is 6.92 Å². The maximum atomic E-state index is 12.4. The van der Waals surface area contributed by atoms with E-state index >= 15 is 0 Å². The second-order valence-electron chi connectivity index (χ2n) is 4.22. The number of nitrogens with two attached hydrogens (primary N) is 1. The maximum absolute atomic E-state index is 12.4. The quantitative estimate of drug-likeness (QED) is 0.492. The molecule has 20 heavy (non-hydrogen) atoms. The highest BCUT2D eigenvalue weighted by Gasteiger charge is 2.32. The van der Waals surface area contributed by atoms with Crippen LogP contribution in [0.4, 0.5) is 11.4 Å². The summed E-state index contributed by atoms with van der Waals surface area (Å²) < 4.78 is 25.7. The number of rotatable bonds is 5. The van der Waals surface area contributed by atoms with Crippen molar-refractivity contribution in [3.8, 4) is 6.07 Å². The molecular formula is C11H14N4O4S. The molecule has 0 aliphatic carbocycles. The van der Waals surface area contributed by atoms with E-state index in [2.05, 4.69) is 0 Å². The van der Waals surface area contributed by atoms with Crippen LogP contribution in [0.3, 0.4) is 0 Å². The lowest BCUT2D eigenvalue weighted by Gasteiger charge is -2.22. The Morgan fingerprint density at radius 2 is 2.15 bits per heavy atom. The third-order valence-corrected chi connectivity index (χ3v) is 4.86. The monoisotopic (exact) mass is 298 g/mol. The van der Waals surface area contributed by atoms with Gasteiger partial charge < -0.3 is 5.73 Å². The minimum atomic E-state index is -4.07. The Morgan fingerprint density at radius 1 is 1.55 bits per heavy atom. The van der Waals surface area contributed by atoms with Crippen molar-refractivity contribution in [2.45, 2.75) is 24.3 Å². The van der Waals surface area contributed by atoms with Crippen LogP contribution in [0.25, 0.3) is 0 Å². The molecule has 0 aliphatic rings. The molecule has 1 unspecified atom stereocenters. The maximum Gasteiger partial charge on any atom is 0.291 e. The summed E-state index contributed by atoms with van der Waals surface area (Å²) in [5, 5.41) is 19.6. The molecule has 1 aromatic rings. The van der Waals surface area contributed by atoms with E-state index in [1.807, 2.05) is 6.07 Å². The molecule has 0 spiro atoms. The molecule has 1 rings (SSSR count). The molecule has 0 saturated carbocycles. The van der Waals surface area contributed by atoms with Gasteiger partial charge in [-0.3, -0.25) is 10.1 Å². The van der Waals surface area contributed by atoms with Crippen LogP contribution in [-0.4, -0.2) is 30.7 Å². The summed E-state index contributed by atoms with van der Waals surface area (Å²) >= 11 is 0. The standard InChI is InChI=1S/C11H14N4O4S/c1-8(5-6-12)14(2)20(18,19)11-4-3-9(13)7-10(11)15(16)17/h3-4,7-8H,5,13H2,1-2H3. The van der Waals surface area contributed by atoms with Gasteiger partial charge in [-0.25, -0.2) is 8.42 Å². The van der Waals surface area contributed by atoms with Gasteiger partial charge in [-0.05, 0) is 19.1 Å². The number of nitro groups is 1. The molecule has 0 aliphatic heterocycles. The van der Waals surface area contributed by atoms with E-state index in [-0.39, 0.29) is 12.1 Å². The van der Waals surface area contributed by atoms with Crippen LogP contribution in [0.2, 0.25) is 0 Å². The van der Waals surface area contributed by atoms with Crippen LogP contribution in [0.5, 0.6) is 0 Å². The van der Waals surface area contributed by atoms with Gasteiger partial charge in [-0.2, -0.15) is 9.57 Å². The zero-order chi connectivity index (χ0) is 15.5. The lowest BCUT2D eigenvalue weighted by Crippen LogP contribution is -2.35. The summed E-state index contributed by atoms with van der Waals surface area (Å²) in [6, 6.07) is 4.63. The average molecular weight is 298 g/mol. The molecule has 0 heterocycles. The Bertz CT molecular complexity index is 665. The van der Waals surface area contributed by atoms with Crippen LogP contribution >= 0.6 is 0 Å². The molecule has 0 bridgehead atoms. The summed E-state index contributed by atoms with van der Waals surface area (Å²) in [7, 11) is -2.79. The zero-order valence-corrected chi connectivity index (χ0v) is 11.8. The molecule has 1 aromatic carbocycles. The van der Waals surface area contributed by atoms with E-state index in [1.165, 1.54) is 13.1 Å². The van der Waals surface area contributed by atoms with Crippen LogP contribution in [-0.2, 0) is 10.0 Å². The number of nitriles is 1. The fraction of sp³-hybridized carbons (Fsp3) is 0.364. The second kappa shape index (κ2) is 5.85. The minimum absolute atomic E-state index is 0.0154. The number of nitrogen functional groups attached to an aromatic ring is 1. The number of hydrogen-bond acceptors (Lipinski definition) is 6. The smallest absolute Gasteiger partial charge is 0.291 e. The fourth-order valence-electron chi connectivity index (χ4n) is 1.55. The van der Waals surface area contributed by atoms with Crippen molar-refractivity contribution in [1.82, 2.24) is 4.31 Å². The lowest BCUT2D eigenvalue weighted by atomic mass is 10.3. The van der Waals surface area contributed by atoms with Crippen molar-refractivity contribution in [3.05, 3.63) is 28.3 Å². The van der Waals surface area contributed by atoms with Crippen molar-refractivity contribution in [2.75, 3.05) is 12.8 Å². The summed E-state index contributed by atoms with van der Waals surface area (Å²) in [4.78, 5) is 9.71. The highest BCUT2D eigenvalue weighted by molar-refractivity contribution is 7.89. The van der Waals surface area contributed by atoms with Crippen molar-refractivity contribution < 1.29 is 13.3 Å². The first-order valence-corrected chi connectivity index (χ1v) is 7.04. The van der Waals surface area contributed by atoms with Gasteiger partial charge >= 0.3 is 0 Å². The molecule has 0 radical (unpaired) electrons. The van der Waals surface area contributed by atoms with Crippen molar-refractivity contribution in [1.29, 1.82) is 5.26 Å². The van der Waals surface area contributed by atoms with Gasteiger partial charge in [-0.15, -0.1) is 0 Å². The Balaban J connectivity index is 3.36. The van der Waals surface area contributed by atoms with E-state index < -0.39 is 31.6 Å². The van der Waals surface area contributed by atoms with Crippen LogP contribution < -0.4 is 5.73 Å². The first-order valence-electron chi connectivity index (χ1n) is 5.60. The molecule has 108 valence electrons. The first-order chi connectivity index (χ1) is 9.21. The predicted octanol–water partition coefficient (Wildman–Crippen LogP) is 1.10. The van der Waals surface area contributed by atoms with E-state index in [0.29, 0.717) is 0 Å². The molecule has 0 amide bonds. The van der Waals surface area contributed by atoms with Crippen LogP contribution in [0, 0.1) is 21.4 Å². The molecular weight excluding hydrogens is 284 g/mol. The van der Waals surface area contributed by atoms with Gasteiger partial charge in [0.1, 0.15) is 0 Å². The normalized spacial score (nSPS) is 12.9. The number of benzene rings is 1. The number of nitrogens with zero attached hydrogens (tertiary/aromatic N) is 3. The zero-order valence-electron chi connectivity index (χ0n) is 11.0. The van der Waals surface area contributed by atoms with Gasteiger partial charge in [0.2, 0.25) is 10.0 Å². The van der Waals surface area contributed by atoms with Crippen LogP contribution in [0.15, 0.2) is 23.1 Å².